The van der Waals surface area contributed by atoms with Crippen molar-refractivity contribution in [2.45, 2.75) is 31.8 Å². The first-order valence-corrected chi connectivity index (χ1v) is 5.39. The first kappa shape index (κ1) is 9.71. The van der Waals surface area contributed by atoms with Crippen LogP contribution in [-0.4, -0.2) is 35.1 Å². The van der Waals surface area contributed by atoms with E-state index in [1.807, 2.05) is 4.90 Å². The van der Waals surface area contributed by atoms with E-state index >= 15 is 0 Å². The fourth-order valence-corrected chi connectivity index (χ4v) is 2.22. The van der Waals surface area contributed by atoms with Crippen LogP contribution in [0.25, 0.3) is 0 Å². The lowest BCUT2D eigenvalue weighted by atomic mass is 9.93. The average Bonchev–Trinajstić information content (AvgIpc) is 2.65. The van der Waals surface area contributed by atoms with Crippen molar-refractivity contribution >= 4 is 5.91 Å². The molecule has 2 rings (SSSR count). The van der Waals surface area contributed by atoms with Crippen molar-refractivity contribution in [2.75, 3.05) is 13.1 Å². The van der Waals surface area contributed by atoms with E-state index < -0.39 is 0 Å². The Morgan fingerprint density at radius 1 is 1.36 bits per heavy atom. The molecular formula is C11H17NO2. The van der Waals surface area contributed by atoms with Gasteiger partial charge in [-0.25, -0.2) is 0 Å². The van der Waals surface area contributed by atoms with Crippen LogP contribution in [0.4, 0.5) is 0 Å². The fourth-order valence-electron chi connectivity index (χ4n) is 2.22. The summed E-state index contributed by atoms with van der Waals surface area (Å²) in [7, 11) is 0. The minimum absolute atomic E-state index is 0.172. The molecule has 1 aliphatic carbocycles. The smallest absolute Gasteiger partial charge is 0.226 e. The molecule has 0 saturated carbocycles. The molecule has 2 aliphatic rings. The molecular weight excluding hydrogens is 178 g/mol. The van der Waals surface area contributed by atoms with Crippen molar-refractivity contribution in [1.82, 2.24) is 4.90 Å². The van der Waals surface area contributed by atoms with Gasteiger partial charge in [-0.15, -0.1) is 0 Å². The highest BCUT2D eigenvalue weighted by molar-refractivity contribution is 5.79. The quantitative estimate of drug-likeness (QED) is 0.632. The summed E-state index contributed by atoms with van der Waals surface area (Å²) in [6, 6.07) is 0. The minimum atomic E-state index is -0.293. The van der Waals surface area contributed by atoms with Crippen molar-refractivity contribution < 1.29 is 9.90 Å². The van der Waals surface area contributed by atoms with E-state index in [0.29, 0.717) is 6.54 Å². The third-order valence-corrected chi connectivity index (χ3v) is 3.09. The highest BCUT2D eigenvalue weighted by Gasteiger charge is 2.29. The van der Waals surface area contributed by atoms with Gasteiger partial charge in [-0.2, -0.15) is 0 Å². The predicted molar refractivity (Wildman–Crippen MR) is 53.7 cm³/mol. The van der Waals surface area contributed by atoms with Crippen LogP contribution in [-0.2, 0) is 4.79 Å². The van der Waals surface area contributed by atoms with E-state index in [1.165, 1.54) is 0 Å². The summed E-state index contributed by atoms with van der Waals surface area (Å²) in [5, 5.41) is 9.34. The number of hydrogen-bond acceptors (Lipinski definition) is 2. The molecule has 0 unspecified atom stereocenters. The molecule has 1 N–H and O–H groups in total. The molecule has 1 aliphatic heterocycles. The molecule has 2 atom stereocenters. The monoisotopic (exact) mass is 195 g/mol. The van der Waals surface area contributed by atoms with E-state index in [1.54, 1.807) is 0 Å². The topological polar surface area (TPSA) is 40.5 Å². The zero-order valence-electron chi connectivity index (χ0n) is 8.35. The maximum atomic E-state index is 11.9. The highest BCUT2D eigenvalue weighted by Crippen LogP contribution is 2.22. The van der Waals surface area contributed by atoms with Crippen LogP contribution >= 0.6 is 0 Å². The summed E-state index contributed by atoms with van der Waals surface area (Å²) in [5.74, 6) is 0.413. The molecule has 0 aromatic rings. The average molecular weight is 195 g/mol. The SMILES string of the molecule is O=C([C@@H]1CC=CCC1)N1CC[C@@H](O)C1. The Labute approximate surface area is 84.4 Å². The van der Waals surface area contributed by atoms with Gasteiger partial charge >= 0.3 is 0 Å². The molecule has 0 aromatic carbocycles. The molecule has 0 radical (unpaired) electrons. The number of likely N-dealkylation sites (tertiary alicyclic amines) is 1. The van der Waals surface area contributed by atoms with Crippen molar-refractivity contribution in [3.8, 4) is 0 Å². The van der Waals surface area contributed by atoms with Crippen LogP contribution in [0.15, 0.2) is 12.2 Å². The van der Waals surface area contributed by atoms with Crippen LogP contribution in [0.5, 0.6) is 0 Å². The Kier molecular flexibility index (Phi) is 2.87. The van der Waals surface area contributed by atoms with Crippen LogP contribution in [0.1, 0.15) is 25.7 Å². The third-order valence-electron chi connectivity index (χ3n) is 3.09. The Bertz CT molecular complexity index is 250. The lowest BCUT2D eigenvalue weighted by Gasteiger charge is -2.23. The molecule has 0 spiro atoms. The highest BCUT2D eigenvalue weighted by atomic mass is 16.3. The number of allylic oxidation sites excluding steroid dienone is 2. The standard InChI is InChI=1S/C11H17NO2/c13-10-6-7-12(8-10)11(14)9-4-2-1-3-5-9/h1-2,9-10,13H,3-8H2/t9-,10-/m1/s1. The predicted octanol–water partition coefficient (Wildman–Crippen LogP) is 0.936. The van der Waals surface area contributed by atoms with Gasteiger partial charge in [0.15, 0.2) is 0 Å². The second-order valence-corrected chi connectivity index (χ2v) is 4.21. The molecule has 3 nitrogen and oxygen atoms in total. The van der Waals surface area contributed by atoms with Crippen molar-refractivity contribution in [3.05, 3.63) is 12.2 Å². The summed E-state index contributed by atoms with van der Waals surface area (Å²) in [6.07, 6.45) is 7.56. The number of aliphatic hydroxyl groups is 1. The number of carbonyl (C=O) groups is 1. The maximum Gasteiger partial charge on any atom is 0.226 e. The van der Waals surface area contributed by atoms with E-state index in [4.69, 9.17) is 0 Å². The minimum Gasteiger partial charge on any atom is -0.391 e. The van der Waals surface area contributed by atoms with Gasteiger partial charge in [-0.05, 0) is 25.7 Å². The van der Waals surface area contributed by atoms with Crippen LogP contribution < -0.4 is 0 Å². The van der Waals surface area contributed by atoms with Crippen LogP contribution in [0, 0.1) is 5.92 Å². The third kappa shape index (κ3) is 1.98. The number of β-amino-alcohol motifs (C(OH)–C–C–N with tert-alkyl or cyclic N) is 1. The molecule has 14 heavy (non-hydrogen) atoms. The molecule has 3 heteroatoms. The zero-order chi connectivity index (χ0) is 9.97. The van der Waals surface area contributed by atoms with Crippen molar-refractivity contribution in [3.63, 3.8) is 0 Å². The second kappa shape index (κ2) is 4.13. The summed E-state index contributed by atoms with van der Waals surface area (Å²) in [4.78, 5) is 13.7. The van der Waals surface area contributed by atoms with Crippen molar-refractivity contribution in [2.24, 2.45) is 5.92 Å². The molecule has 1 heterocycles. The van der Waals surface area contributed by atoms with Crippen LogP contribution in [0.2, 0.25) is 0 Å². The number of carbonyl (C=O) groups excluding carboxylic acids is 1. The van der Waals surface area contributed by atoms with Gasteiger partial charge in [-0.1, -0.05) is 12.2 Å². The number of hydrogen-bond donors (Lipinski definition) is 1. The largest absolute Gasteiger partial charge is 0.391 e. The van der Waals surface area contributed by atoms with Crippen molar-refractivity contribution in [1.29, 1.82) is 0 Å². The lowest BCUT2D eigenvalue weighted by molar-refractivity contribution is -0.135. The fraction of sp³-hybridized carbons (Fsp3) is 0.727. The first-order chi connectivity index (χ1) is 6.77. The van der Waals surface area contributed by atoms with E-state index in [9.17, 15) is 9.90 Å². The second-order valence-electron chi connectivity index (χ2n) is 4.21. The zero-order valence-corrected chi connectivity index (χ0v) is 8.35. The Morgan fingerprint density at radius 3 is 2.79 bits per heavy atom. The first-order valence-electron chi connectivity index (χ1n) is 5.39. The molecule has 1 fully saturated rings. The van der Waals surface area contributed by atoms with E-state index in [-0.39, 0.29) is 17.9 Å². The maximum absolute atomic E-state index is 11.9. The van der Waals surface area contributed by atoms with Gasteiger partial charge in [0.05, 0.1) is 6.10 Å². The van der Waals surface area contributed by atoms with Gasteiger partial charge in [0, 0.05) is 19.0 Å². The van der Waals surface area contributed by atoms with Gasteiger partial charge < -0.3 is 10.0 Å². The van der Waals surface area contributed by atoms with Gasteiger partial charge in [0.1, 0.15) is 0 Å². The summed E-state index contributed by atoms with van der Waals surface area (Å²) in [6.45, 7) is 1.28. The van der Waals surface area contributed by atoms with Gasteiger partial charge in [0.25, 0.3) is 0 Å². The van der Waals surface area contributed by atoms with Crippen LogP contribution in [0.3, 0.4) is 0 Å². The number of nitrogens with zero attached hydrogens (tertiary/aromatic N) is 1. The van der Waals surface area contributed by atoms with E-state index in [2.05, 4.69) is 12.2 Å². The number of aliphatic hydroxyl groups excluding tert-OH is 1. The Morgan fingerprint density at radius 2 is 2.21 bits per heavy atom. The molecule has 0 aromatic heterocycles. The molecule has 1 amide bonds. The summed E-state index contributed by atoms with van der Waals surface area (Å²) < 4.78 is 0. The Balaban J connectivity index is 1.91. The van der Waals surface area contributed by atoms with E-state index in [0.717, 1.165) is 32.2 Å². The number of rotatable bonds is 1. The molecule has 0 bridgehead atoms. The molecule has 1 saturated heterocycles. The summed E-state index contributed by atoms with van der Waals surface area (Å²) >= 11 is 0. The number of amides is 1. The van der Waals surface area contributed by atoms with Gasteiger partial charge in [0.2, 0.25) is 5.91 Å². The summed E-state index contributed by atoms with van der Waals surface area (Å²) in [5.41, 5.74) is 0. The lowest BCUT2D eigenvalue weighted by Crippen LogP contribution is -2.35. The molecule has 78 valence electrons. The Hall–Kier alpha value is -0.830. The van der Waals surface area contributed by atoms with Gasteiger partial charge in [-0.3, -0.25) is 4.79 Å². The normalized spacial score (nSPS) is 32.2.